The summed E-state index contributed by atoms with van der Waals surface area (Å²) in [5, 5.41) is 0.847. The zero-order chi connectivity index (χ0) is 12.4. The lowest BCUT2D eigenvalue weighted by molar-refractivity contribution is 0.625. The molecule has 17 heavy (non-hydrogen) atoms. The molecule has 0 bridgehead atoms. The SMILES string of the molecule is CC1CC(C)N(c2cccc(Cl)c2CCN)C1. The van der Waals surface area contributed by atoms with E-state index < -0.39 is 0 Å². The second-order valence-electron chi connectivity index (χ2n) is 5.12. The molecule has 2 unspecified atom stereocenters. The van der Waals surface area contributed by atoms with Crippen LogP contribution in [-0.2, 0) is 6.42 Å². The smallest absolute Gasteiger partial charge is 0.0459 e. The van der Waals surface area contributed by atoms with Crippen molar-refractivity contribution in [2.75, 3.05) is 18.0 Å². The maximum Gasteiger partial charge on any atom is 0.0459 e. The highest BCUT2D eigenvalue weighted by Gasteiger charge is 2.27. The van der Waals surface area contributed by atoms with Gasteiger partial charge in [0.15, 0.2) is 0 Å². The number of hydrogen-bond acceptors (Lipinski definition) is 2. The van der Waals surface area contributed by atoms with Crippen molar-refractivity contribution in [2.45, 2.75) is 32.7 Å². The predicted molar refractivity (Wildman–Crippen MR) is 74.8 cm³/mol. The van der Waals surface area contributed by atoms with Gasteiger partial charge in [-0.3, -0.25) is 0 Å². The average Bonchev–Trinajstić information content (AvgIpc) is 2.61. The number of benzene rings is 1. The molecule has 3 heteroatoms. The molecule has 2 rings (SSSR count). The molecule has 0 amide bonds. The van der Waals surface area contributed by atoms with E-state index in [9.17, 15) is 0 Å². The Labute approximate surface area is 109 Å². The number of nitrogens with zero attached hydrogens (tertiary/aromatic N) is 1. The van der Waals surface area contributed by atoms with E-state index in [2.05, 4.69) is 24.8 Å². The van der Waals surface area contributed by atoms with Gasteiger partial charge in [-0.1, -0.05) is 24.6 Å². The zero-order valence-electron chi connectivity index (χ0n) is 10.6. The van der Waals surface area contributed by atoms with Gasteiger partial charge in [0.1, 0.15) is 0 Å². The Bertz CT molecular complexity index is 392. The van der Waals surface area contributed by atoms with E-state index in [-0.39, 0.29) is 0 Å². The Morgan fingerprint density at radius 3 is 2.76 bits per heavy atom. The molecule has 0 spiro atoms. The summed E-state index contributed by atoms with van der Waals surface area (Å²) in [5.41, 5.74) is 8.17. The fourth-order valence-electron chi connectivity index (χ4n) is 2.84. The van der Waals surface area contributed by atoms with Crippen molar-refractivity contribution in [3.63, 3.8) is 0 Å². The van der Waals surface area contributed by atoms with Gasteiger partial charge < -0.3 is 10.6 Å². The number of anilines is 1. The highest BCUT2D eigenvalue weighted by molar-refractivity contribution is 6.31. The Hall–Kier alpha value is -0.730. The number of rotatable bonds is 3. The first-order chi connectivity index (χ1) is 8.13. The van der Waals surface area contributed by atoms with Crippen molar-refractivity contribution >= 4 is 17.3 Å². The van der Waals surface area contributed by atoms with Crippen LogP contribution in [0.5, 0.6) is 0 Å². The maximum atomic E-state index is 6.29. The maximum absolute atomic E-state index is 6.29. The molecular formula is C14H21ClN2. The van der Waals surface area contributed by atoms with Crippen molar-refractivity contribution < 1.29 is 0 Å². The summed E-state index contributed by atoms with van der Waals surface area (Å²) < 4.78 is 0. The average molecular weight is 253 g/mol. The molecule has 1 aliphatic rings. The third kappa shape index (κ3) is 2.58. The topological polar surface area (TPSA) is 29.3 Å². The van der Waals surface area contributed by atoms with Crippen LogP contribution in [0.15, 0.2) is 18.2 Å². The third-order valence-electron chi connectivity index (χ3n) is 3.58. The lowest BCUT2D eigenvalue weighted by atomic mass is 10.1. The van der Waals surface area contributed by atoms with E-state index in [1.807, 2.05) is 12.1 Å². The van der Waals surface area contributed by atoms with Gasteiger partial charge in [0.25, 0.3) is 0 Å². The number of hydrogen-bond donors (Lipinski definition) is 1. The predicted octanol–water partition coefficient (Wildman–Crippen LogP) is 3.08. The second-order valence-corrected chi connectivity index (χ2v) is 5.53. The summed E-state index contributed by atoms with van der Waals surface area (Å²) in [6.07, 6.45) is 2.11. The molecule has 0 saturated carbocycles. The van der Waals surface area contributed by atoms with Crippen molar-refractivity contribution in [3.05, 3.63) is 28.8 Å². The highest BCUT2D eigenvalue weighted by atomic mass is 35.5. The van der Waals surface area contributed by atoms with Crippen LogP contribution in [0, 0.1) is 5.92 Å². The van der Waals surface area contributed by atoms with Crippen LogP contribution in [0.1, 0.15) is 25.8 Å². The molecule has 0 radical (unpaired) electrons. The van der Waals surface area contributed by atoms with Gasteiger partial charge in [-0.05, 0) is 49.9 Å². The molecular weight excluding hydrogens is 232 g/mol. The van der Waals surface area contributed by atoms with E-state index in [0.717, 1.165) is 23.9 Å². The Kier molecular flexibility index (Phi) is 3.95. The molecule has 1 saturated heterocycles. The normalized spacial score (nSPS) is 24.4. The molecule has 1 aromatic carbocycles. The summed E-state index contributed by atoms with van der Waals surface area (Å²) in [5.74, 6) is 0.759. The Morgan fingerprint density at radius 2 is 2.18 bits per heavy atom. The van der Waals surface area contributed by atoms with Gasteiger partial charge in [0.2, 0.25) is 0 Å². The van der Waals surface area contributed by atoms with Gasteiger partial charge in [-0.25, -0.2) is 0 Å². The lowest BCUT2D eigenvalue weighted by Gasteiger charge is -2.27. The fourth-order valence-corrected chi connectivity index (χ4v) is 3.11. The van der Waals surface area contributed by atoms with Crippen molar-refractivity contribution in [2.24, 2.45) is 11.7 Å². The monoisotopic (exact) mass is 252 g/mol. The number of halogens is 1. The van der Waals surface area contributed by atoms with Crippen LogP contribution in [-0.4, -0.2) is 19.1 Å². The van der Waals surface area contributed by atoms with Crippen molar-refractivity contribution in [1.29, 1.82) is 0 Å². The van der Waals surface area contributed by atoms with Gasteiger partial charge in [-0.2, -0.15) is 0 Å². The first-order valence-electron chi connectivity index (χ1n) is 6.37. The quantitative estimate of drug-likeness (QED) is 0.896. The minimum atomic E-state index is 0.597. The first kappa shape index (κ1) is 12.7. The standard InChI is InChI=1S/C14H21ClN2/c1-10-8-11(2)17(9-10)14-5-3-4-13(15)12(14)6-7-16/h3-5,10-11H,6-9,16H2,1-2H3. The Balaban J connectivity index is 2.34. The molecule has 1 aliphatic heterocycles. The Morgan fingerprint density at radius 1 is 1.41 bits per heavy atom. The van der Waals surface area contributed by atoms with Crippen LogP contribution >= 0.6 is 11.6 Å². The van der Waals surface area contributed by atoms with E-state index in [1.165, 1.54) is 17.7 Å². The van der Waals surface area contributed by atoms with Crippen molar-refractivity contribution in [3.8, 4) is 0 Å². The van der Waals surface area contributed by atoms with Gasteiger partial charge in [0.05, 0.1) is 0 Å². The molecule has 1 aromatic rings. The summed E-state index contributed by atoms with van der Waals surface area (Å²) in [6, 6.07) is 6.76. The molecule has 0 aromatic heterocycles. The minimum Gasteiger partial charge on any atom is -0.368 e. The largest absolute Gasteiger partial charge is 0.368 e. The van der Waals surface area contributed by atoms with Crippen molar-refractivity contribution in [1.82, 2.24) is 0 Å². The van der Waals surface area contributed by atoms with Crippen LogP contribution in [0.2, 0.25) is 5.02 Å². The molecule has 0 aliphatic carbocycles. The molecule has 2 nitrogen and oxygen atoms in total. The van der Waals surface area contributed by atoms with Crippen LogP contribution in [0.3, 0.4) is 0 Å². The first-order valence-corrected chi connectivity index (χ1v) is 6.75. The van der Waals surface area contributed by atoms with Gasteiger partial charge in [0, 0.05) is 23.3 Å². The molecule has 94 valence electrons. The van der Waals surface area contributed by atoms with Crippen LogP contribution in [0.4, 0.5) is 5.69 Å². The zero-order valence-corrected chi connectivity index (χ0v) is 11.4. The summed E-state index contributed by atoms with van der Waals surface area (Å²) in [6.45, 7) is 6.37. The molecule has 1 fully saturated rings. The van der Waals surface area contributed by atoms with Crippen LogP contribution in [0.25, 0.3) is 0 Å². The fraction of sp³-hybridized carbons (Fsp3) is 0.571. The summed E-state index contributed by atoms with van der Waals surface area (Å²) >= 11 is 6.29. The summed E-state index contributed by atoms with van der Waals surface area (Å²) in [7, 11) is 0. The number of nitrogens with two attached hydrogens (primary N) is 1. The van der Waals surface area contributed by atoms with Crippen LogP contribution < -0.4 is 10.6 Å². The summed E-state index contributed by atoms with van der Waals surface area (Å²) in [4.78, 5) is 2.47. The lowest BCUT2D eigenvalue weighted by Crippen LogP contribution is -2.28. The van der Waals surface area contributed by atoms with E-state index >= 15 is 0 Å². The van der Waals surface area contributed by atoms with E-state index in [1.54, 1.807) is 0 Å². The van der Waals surface area contributed by atoms with E-state index in [0.29, 0.717) is 12.6 Å². The molecule has 2 N–H and O–H groups in total. The third-order valence-corrected chi connectivity index (χ3v) is 3.94. The minimum absolute atomic E-state index is 0.597. The van der Waals surface area contributed by atoms with Gasteiger partial charge >= 0.3 is 0 Å². The second kappa shape index (κ2) is 5.28. The molecule has 2 atom stereocenters. The highest BCUT2D eigenvalue weighted by Crippen LogP contribution is 2.34. The van der Waals surface area contributed by atoms with Gasteiger partial charge in [-0.15, -0.1) is 0 Å². The van der Waals surface area contributed by atoms with E-state index in [4.69, 9.17) is 17.3 Å². The molecule has 1 heterocycles.